The predicted molar refractivity (Wildman–Crippen MR) is 82.8 cm³/mol. The van der Waals surface area contributed by atoms with Crippen LogP contribution in [0.15, 0.2) is 58.3 Å². The van der Waals surface area contributed by atoms with Gasteiger partial charge in [0.05, 0.1) is 6.26 Å². The molecule has 3 heterocycles. The Morgan fingerprint density at radius 1 is 1.14 bits per heavy atom. The standard InChI is InChI=1S/C15H14N4OS/c16-15-18-12(13-5-3-8-20-13)10-14(19-15)21-9-6-11-4-1-2-7-17-11/h1-5,7-8,10H,6,9H2,(H2,16,18,19). The molecular formula is C15H14N4OS. The monoisotopic (exact) mass is 298 g/mol. The molecule has 0 bridgehead atoms. The minimum Gasteiger partial charge on any atom is -0.463 e. The average molecular weight is 298 g/mol. The maximum Gasteiger partial charge on any atom is 0.221 e. The smallest absolute Gasteiger partial charge is 0.221 e. The van der Waals surface area contributed by atoms with E-state index in [0.29, 0.717) is 11.5 Å². The van der Waals surface area contributed by atoms with Crippen molar-refractivity contribution in [2.75, 3.05) is 11.5 Å². The third kappa shape index (κ3) is 3.61. The molecule has 0 saturated carbocycles. The first kappa shape index (κ1) is 13.6. The molecule has 0 aliphatic heterocycles. The molecule has 0 amide bonds. The van der Waals surface area contributed by atoms with Crippen LogP contribution in [0, 0.1) is 0 Å². The molecular weight excluding hydrogens is 284 g/mol. The molecule has 0 aliphatic rings. The van der Waals surface area contributed by atoms with E-state index in [2.05, 4.69) is 15.0 Å². The van der Waals surface area contributed by atoms with Gasteiger partial charge in [-0.3, -0.25) is 4.98 Å². The summed E-state index contributed by atoms with van der Waals surface area (Å²) in [5, 5.41) is 0.838. The second-order valence-electron chi connectivity index (χ2n) is 4.35. The highest BCUT2D eigenvalue weighted by molar-refractivity contribution is 7.99. The first-order chi connectivity index (χ1) is 10.3. The lowest BCUT2D eigenvalue weighted by molar-refractivity contribution is 0.579. The van der Waals surface area contributed by atoms with Gasteiger partial charge in [0, 0.05) is 23.7 Å². The Morgan fingerprint density at radius 3 is 2.86 bits per heavy atom. The number of aryl methyl sites for hydroxylation is 1. The number of rotatable bonds is 5. The summed E-state index contributed by atoms with van der Waals surface area (Å²) in [7, 11) is 0. The van der Waals surface area contributed by atoms with E-state index < -0.39 is 0 Å². The van der Waals surface area contributed by atoms with Gasteiger partial charge in [0.15, 0.2) is 5.76 Å². The second-order valence-corrected chi connectivity index (χ2v) is 5.46. The van der Waals surface area contributed by atoms with Crippen molar-refractivity contribution in [3.05, 3.63) is 54.6 Å². The van der Waals surface area contributed by atoms with E-state index in [1.807, 2.05) is 36.4 Å². The van der Waals surface area contributed by atoms with Crippen molar-refractivity contribution in [1.29, 1.82) is 0 Å². The van der Waals surface area contributed by atoms with Crippen LogP contribution in [0.25, 0.3) is 11.5 Å². The number of furan rings is 1. The number of aromatic nitrogens is 3. The number of nitrogens with zero attached hydrogens (tertiary/aromatic N) is 3. The van der Waals surface area contributed by atoms with E-state index >= 15 is 0 Å². The van der Waals surface area contributed by atoms with Gasteiger partial charge in [0.25, 0.3) is 0 Å². The lowest BCUT2D eigenvalue weighted by atomic mass is 10.3. The fourth-order valence-electron chi connectivity index (χ4n) is 1.87. The van der Waals surface area contributed by atoms with Crippen LogP contribution in [0.2, 0.25) is 0 Å². The van der Waals surface area contributed by atoms with E-state index in [0.717, 1.165) is 22.9 Å². The highest BCUT2D eigenvalue weighted by Gasteiger charge is 2.07. The van der Waals surface area contributed by atoms with Crippen molar-refractivity contribution in [3.63, 3.8) is 0 Å². The summed E-state index contributed by atoms with van der Waals surface area (Å²) >= 11 is 1.63. The molecule has 3 aromatic rings. The zero-order chi connectivity index (χ0) is 14.5. The predicted octanol–water partition coefficient (Wildman–Crippen LogP) is 3.05. The first-order valence-corrected chi connectivity index (χ1v) is 7.51. The highest BCUT2D eigenvalue weighted by atomic mass is 32.2. The first-order valence-electron chi connectivity index (χ1n) is 6.52. The van der Waals surface area contributed by atoms with Gasteiger partial charge >= 0.3 is 0 Å². The molecule has 3 aromatic heterocycles. The van der Waals surface area contributed by atoms with Gasteiger partial charge in [-0.05, 0) is 30.7 Å². The van der Waals surface area contributed by atoms with Gasteiger partial charge in [-0.1, -0.05) is 6.07 Å². The number of hydrogen-bond acceptors (Lipinski definition) is 6. The average Bonchev–Trinajstić information content (AvgIpc) is 3.02. The van der Waals surface area contributed by atoms with Crippen molar-refractivity contribution in [3.8, 4) is 11.5 Å². The summed E-state index contributed by atoms with van der Waals surface area (Å²) in [5.41, 5.74) is 7.53. The fraction of sp³-hybridized carbons (Fsp3) is 0.133. The third-order valence-corrected chi connectivity index (χ3v) is 3.74. The molecule has 21 heavy (non-hydrogen) atoms. The van der Waals surface area contributed by atoms with Crippen LogP contribution in [0.3, 0.4) is 0 Å². The van der Waals surface area contributed by atoms with Crippen molar-refractivity contribution in [2.45, 2.75) is 11.4 Å². The topological polar surface area (TPSA) is 77.8 Å². The largest absolute Gasteiger partial charge is 0.463 e. The Morgan fingerprint density at radius 2 is 2.10 bits per heavy atom. The van der Waals surface area contributed by atoms with E-state index in [1.165, 1.54) is 0 Å². The van der Waals surface area contributed by atoms with Crippen molar-refractivity contribution >= 4 is 17.7 Å². The molecule has 0 spiro atoms. The number of hydrogen-bond donors (Lipinski definition) is 1. The molecule has 0 atom stereocenters. The van der Waals surface area contributed by atoms with Gasteiger partial charge in [-0.15, -0.1) is 11.8 Å². The van der Waals surface area contributed by atoms with Crippen LogP contribution in [0.4, 0.5) is 5.95 Å². The summed E-state index contributed by atoms with van der Waals surface area (Å²) in [4.78, 5) is 12.7. The van der Waals surface area contributed by atoms with Gasteiger partial charge in [-0.25, -0.2) is 9.97 Å². The van der Waals surface area contributed by atoms with Gasteiger partial charge < -0.3 is 10.2 Å². The Labute approximate surface area is 126 Å². The quantitative estimate of drug-likeness (QED) is 0.576. The van der Waals surface area contributed by atoms with Crippen LogP contribution in [-0.4, -0.2) is 20.7 Å². The summed E-state index contributed by atoms with van der Waals surface area (Å²) in [5.74, 6) is 1.82. The van der Waals surface area contributed by atoms with E-state index in [9.17, 15) is 0 Å². The zero-order valence-corrected chi connectivity index (χ0v) is 12.1. The molecule has 0 saturated heterocycles. The van der Waals surface area contributed by atoms with Crippen LogP contribution in [0.5, 0.6) is 0 Å². The molecule has 0 aromatic carbocycles. The molecule has 0 radical (unpaired) electrons. The molecule has 0 unspecified atom stereocenters. The Bertz CT molecular complexity index is 701. The molecule has 2 N–H and O–H groups in total. The van der Waals surface area contributed by atoms with Gasteiger partial charge in [-0.2, -0.15) is 0 Å². The van der Waals surface area contributed by atoms with Crippen LogP contribution in [-0.2, 0) is 6.42 Å². The fourth-order valence-corrected chi connectivity index (χ4v) is 2.75. The Hall–Kier alpha value is -2.34. The maximum absolute atomic E-state index is 5.76. The summed E-state index contributed by atoms with van der Waals surface area (Å²) in [6.07, 6.45) is 4.30. The highest BCUT2D eigenvalue weighted by Crippen LogP contribution is 2.24. The van der Waals surface area contributed by atoms with Crippen LogP contribution in [0.1, 0.15) is 5.69 Å². The summed E-state index contributed by atoms with van der Waals surface area (Å²) < 4.78 is 5.34. The molecule has 3 rings (SSSR count). The summed E-state index contributed by atoms with van der Waals surface area (Å²) in [6, 6.07) is 11.5. The van der Waals surface area contributed by atoms with Crippen molar-refractivity contribution in [2.24, 2.45) is 0 Å². The van der Waals surface area contributed by atoms with Gasteiger partial charge in [0.2, 0.25) is 5.95 Å². The molecule has 5 nitrogen and oxygen atoms in total. The van der Waals surface area contributed by atoms with E-state index in [-0.39, 0.29) is 5.95 Å². The van der Waals surface area contributed by atoms with Crippen LogP contribution >= 0.6 is 11.8 Å². The lowest BCUT2D eigenvalue weighted by Gasteiger charge is -2.04. The van der Waals surface area contributed by atoms with Crippen molar-refractivity contribution < 1.29 is 4.42 Å². The number of nitrogens with two attached hydrogens (primary N) is 1. The zero-order valence-electron chi connectivity index (χ0n) is 11.3. The number of anilines is 1. The summed E-state index contributed by atoms with van der Waals surface area (Å²) in [6.45, 7) is 0. The molecule has 106 valence electrons. The third-order valence-electron chi connectivity index (χ3n) is 2.83. The Kier molecular flexibility index (Phi) is 4.16. The number of pyridine rings is 1. The van der Waals surface area contributed by atoms with E-state index in [4.69, 9.17) is 10.2 Å². The number of thioether (sulfide) groups is 1. The lowest BCUT2D eigenvalue weighted by Crippen LogP contribution is -1.98. The minimum atomic E-state index is 0.254. The van der Waals surface area contributed by atoms with Crippen molar-refractivity contribution in [1.82, 2.24) is 15.0 Å². The molecule has 6 heteroatoms. The maximum atomic E-state index is 5.76. The SMILES string of the molecule is Nc1nc(SCCc2ccccn2)cc(-c2ccco2)n1. The minimum absolute atomic E-state index is 0.254. The normalized spacial score (nSPS) is 10.7. The molecule has 0 fully saturated rings. The van der Waals surface area contributed by atoms with Gasteiger partial charge in [0.1, 0.15) is 10.7 Å². The van der Waals surface area contributed by atoms with Crippen LogP contribution < -0.4 is 5.73 Å². The molecule has 0 aliphatic carbocycles. The Balaban J connectivity index is 1.68. The number of nitrogen functional groups attached to an aromatic ring is 1. The second kappa shape index (κ2) is 6.41. The van der Waals surface area contributed by atoms with E-state index in [1.54, 1.807) is 24.2 Å².